The summed E-state index contributed by atoms with van der Waals surface area (Å²) in [4.78, 5) is 6.91. The van der Waals surface area contributed by atoms with Gasteiger partial charge in [0.1, 0.15) is 5.01 Å². The first-order chi connectivity index (χ1) is 7.28. The van der Waals surface area contributed by atoms with Crippen LogP contribution in [0.3, 0.4) is 0 Å². The zero-order valence-electron chi connectivity index (χ0n) is 9.07. The van der Waals surface area contributed by atoms with E-state index in [-0.39, 0.29) is 5.54 Å². The molecule has 1 aromatic heterocycles. The van der Waals surface area contributed by atoms with E-state index in [2.05, 4.69) is 27.6 Å². The molecule has 4 heteroatoms. The number of likely N-dealkylation sites (N-methyl/N-ethyl adjacent to an activating group) is 1. The fraction of sp³-hybridized carbons (Fsp3) is 0.727. The lowest BCUT2D eigenvalue weighted by atomic mass is 9.99. The Morgan fingerprint density at radius 2 is 2.47 bits per heavy atom. The SMILES string of the molecule is CN1CCC(NC2CC2)(c2nccs2)C1. The molecule has 0 bridgehead atoms. The van der Waals surface area contributed by atoms with Crippen LogP contribution in [0.25, 0.3) is 0 Å². The van der Waals surface area contributed by atoms with Crippen molar-refractivity contribution in [3.8, 4) is 0 Å². The van der Waals surface area contributed by atoms with E-state index >= 15 is 0 Å². The minimum absolute atomic E-state index is 0.157. The molecule has 2 fully saturated rings. The minimum atomic E-state index is 0.157. The molecule has 0 radical (unpaired) electrons. The number of hydrogen-bond acceptors (Lipinski definition) is 4. The van der Waals surface area contributed by atoms with Gasteiger partial charge in [0.05, 0.1) is 5.54 Å². The van der Waals surface area contributed by atoms with Crippen LogP contribution in [0, 0.1) is 0 Å². The Bertz CT molecular complexity index is 334. The highest BCUT2D eigenvalue weighted by atomic mass is 32.1. The Morgan fingerprint density at radius 1 is 1.60 bits per heavy atom. The van der Waals surface area contributed by atoms with Crippen LogP contribution in [-0.2, 0) is 5.54 Å². The van der Waals surface area contributed by atoms with Crippen molar-refractivity contribution in [3.05, 3.63) is 16.6 Å². The highest BCUT2D eigenvalue weighted by Crippen LogP contribution is 2.36. The molecular weight excluding hydrogens is 206 g/mol. The second-order valence-corrected chi connectivity index (χ2v) is 5.72. The highest BCUT2D eigenvalue weighted by molar-refractivity contribution is 7.09. The maximum atomic E-state index is 4.52. The Balaban J connectivity index is 1.86. The molecule has 0 spiro atoms. The van der Waals surface area contributed by atoms with Gasteiger partial charge in [0.25, 0.3) is 0 Å². The van der Waals surface area contributed by atoms with E-state index in [1.807, 2.05) is 6.20 Å². The third-order valence-electron chi connectivity index (χ3n) is 3.36. The van der Waals surface area contributed by atoms with Gasteiger partial charge in [-0.3, -0.25) is 0 Å². The summed E-state index contributed by atoms with van der Waals surface area (Å²) in [5.74, 6) is 0. The average Bonchev–Trinajstić information content (AvgIpc) is 2.74. The number of hydrogen-bond donors (Lipinski definition) is 1. The number of rotatable bonds is 3. The molecule has 1 aliphatic heterocycles. The molecular formula is C11H17N3S. The highest BCUT2D eigenvalue weighted by Gasteiger charge is 2.43. The smallest absolute Gasteiger partial charge is 0.114 e. The lowest BCUT2D eigenvalue weighted by Gasteiger charge is -2.28. The second-order valence-electron chi connectivity index (χ2n) is 4.83. The predicted octanol–water partition coefficient (Wildman–Crippen LogP) is 1.43. The van der Waals surface area contributed by atoms with Crippen LogP contribution in [0.5, 0.6) is 0 Å². The number of thiazole rings is 1. The van der Waals surface area contributed by atoms with Crippen LogP contribution in [0.2, 0.25) is 0 Å². The Labute approximate surface area is 94.5 Å². The van der Waals surface area contributed by atoms with E-state index in [4.69, 9.17) is 0 Å². The van der Waals surface area contributed by atoms with E-state index < -0.39 is 0 Å². The average molecular weight is 223 g/mol. The Morgan fingerprint density at radius 3 is 3.00 bits per heavy atom. The third kappa shape index (κ3) is 1.82. The normalized spacial score (nSPS) is 32.3. The van der Waals surface area contributed by atoms with Crippen molar-refractivity contribution >= 4 is 11.3 Å². The van der Waals surface area contributed by atoms with Crippen LogP contribution < -0.4 is 5.32 Å². The molecule has 1 N–H and O–H groups in total. The topological polar surface area (TPSA) is 28.2 Å². The Hall–Kier alpha value is -0.450. The molecule has 0 amide bonds. The van der Waals surface area contributed by atoms with Crippen molar-refractivity contribution in [2.24, 2.45) is 0 Å². The molecule has 2 aliphatic rings. The zero-order valence-corrected chi connectivity index (χ0v) is 9.89. The van der Waals surface area contributed by atoms with E-state index in [0.717, 1.165) is 12.6 Å². The summed E-state index contributed by atoms with van der Waals surface area (Å²) >= 11 is 1.79. The fourth-order valence-corrected chi connectivity index (χ4v) is 3.26. The molecule has 2 heterocycles. The molecule has 1 aromatic rings. The second kappa shape index (κ2) is 3.54. The summed E-state index contributed by atoms with van der Waals surface area (Å²) in [6.45, 7) is 2.29. The van der Waals surface area contributed by atoms with Crippen molar-refractivity contribution in [2.45, 2.75) is 30.8 Å². The van der Waals surface area contributed by atoms with Crippen LogP contribution in [0.1, 0.15) is 24.3 Å². The predicted molar refractivity (Wildman–Crippen MR) is 62.1 cm³/mol. The lowest BCUT2D eigenvalue weighted by Crippen LogP contribution is -2.45. The summed E-state index contributed by atoms with van der Waals surface area (Å²) in [5, 5.41) is 7.17. The molecule has 3 nitrogen and oxygen atoms in total. The van der Waals surface area contributed by atoms with Gasteiger partial charge in [0.15, 0.2) is 0 Å². The van der Waals surface area contributed by atoms with E-state index in [0.29, 0.717) is 0 Å². The van der Waals surface area contributed by atoms with Gasteiger partial charge in [-0.15, -0.1) is 11.3 Å². The molecule has 1 unspecified atom stereocenters. The first kappa shape index (κ1) is 9.75. The Kier molecular flexibility index (Phi) is 2.30. The summed E-state index contributed by atoms with van der Waals surface area (Å²) in [7, 11) is 2.20. The molecule has 15 heavy (non-hydrogen) atoms. The van der Waals surface area contributed by atoms with Gasteiger partial charge < -0.3 is 10.2 Å². The summed E-state index contributed by atoms with van der Waals surface area (Å²) < 4.78 is 0. The van der Waals surface area contributed by atoms with Crippen molar-refractivity contribution in [2.75, 3.05) is 20.1 Å². The number of aromatic nitrogens is 1. The number of nitrogens with zero attached hydrogens (tertiary/aromatic N) is 2. The van der Waals surface area contributed by atoms with Crippen molar-refractivity contribution in [1.29, 1.82) is 0 Å². The van der Waals surface area contributed by atoms with Gasteiger partial charge in [0.2, 0.25) is 0 Å². The first-order valence-corrected chi connectivity index (χ1v) is 6.53. The van der Waals surface area contributed by atoms with Crippen LogP contribution >= 0.6 is 11.3 Å². The zero-order chi connectivity index (χ0) is 10.3. The van der Waals surface area contributed by atoms with E-state index in [1.165, 1.54) is 30.8 Å². The van der Waals surface area contributed by atoms with Crippen LogP contribution in [0.4, 0.5) is 0 Å². The fourth-order valence-electron chi connectivity index (χ4n) is 2.43. The number of likely N-dealkylation sites (tertiary alicyclic amines) is 1. The monoisotopic (exact) mass is 223 g/mol. The van der Waals surface area contributed by atoms with E-state index in [1.54, 1.807) is 11.3 Å². The molecule has 1 atom stereocenters. The quantitative estimate of drug-likeness (QED) is 0.840. The standard InChI is InChI=1S/C11H17N3S/c1-14-6-4-11(8-14,13-9-2-3-9)10-12-5-7-15-10/h5,7,9,13H,2-4,6,8H2,1H3. The van der Waals surface area contributed by atoms with Gasteiger partial charge >= 0.3 is 0 Å². The van der Waals surface area contributed by atoms with Crippen molar-refractivity contribution in [1.82, 2.24) is 15.2 Å². The van der Waals surface area contributed by atoms with Gasteiger partial charge in [-0.25, -0.2) is 4.98 Å². The molecule has 1 saturated carbocycles. The molecule has 1 aliphatic carbocycles. The van der Waals surface area contributed by atoms with Crippen molar-refractivity contribution < 1.29 is 0 Å². The van der Waals surface area contributed by atoms with Gasteiger partial charge in [-0.05, 0) is 26.3 Å². The lowest BCUT2D eigenvalue weighted by molar-refractivity contribution is 0.312. The summed E-state index contributed by atoms with van der Waals surface area (Å²) in [6, 6.07) is 0.750. The van der Waals surface area contributed by atoms with Gasteiger partial charge in [-0.2, -0.15) is 0 Å². The summed E-state index contributed by atoms with van der Waals surface area (Å²) in [6.07, 6.45) is 5.82. The van der Waals surface area contributed by atoms with Gasteiger partial charge in [-0.1, -0.05) is 0 Å². The largest absolute Gasteiger partial charge is 0.304 e. The number of nitrogens with one attached hydrogen (secondary N) is 1. The van der Waals surface area contributed by atoms with Crippen molar-refractivity contribution in [3.63, 3.8) is 0 Å². The molecule has 1 saturated heterocycles. The van der Waals surface area contributed by atoms with E-state index in [9.17, 15) is 0 Å². The minimum Gasteiger partial charge on any atom is -0.304 e. The van der Waals surface area contributed by atoms with Crippen LogP contribution in [-0.4, -0.2) is 36.1 Å². The molecule has 82 valence electrons. The molecule has 0 aromatic carbocycles. The maximum Gasteiger partial charge on any atom is 0.114 e. The third-order valence-corrected chi connectivity index (χ3v) is 4.34. The van der Waals surface area contributed by atoms with Gasteiger partial charge in [0, 0.05) is 30.7 Å². The van der Waals surface area contributed by atoms with Crippen LogP contribution in [0.15, 0.2) is 11.6 Å². The first-order valence-electron chi connectivity index (χ1n) is 5.65. The maximum absolute atomic E-state index is 4.52. The molecule has 3 rings (SSSR count). The summed E-state index contributed by atoms with van der Waals surface area (Å²) in [5.41, 5.74) is 0.157.